The number of hydrogen-bond acceptors (Lipinski definition) is 16. The van der Waals surface area contributed by atoms with Gasteiger partial charge in [0.05, 0.1) is 59.7 Å². The highest BCUT2D eigenvalue weighted by molar-refractivity contribution is 5.79. The number of ether oxygens (including phenoxy) is 8. The predicted molar refractivity (Wildman–Crippen MR) is 260 cm³/mol. The van der Waals surface area contributed by atoms with Crippen LogP contribution < -0.4 is 5.73 Å². The van der Waals surface area contributed by atoms with Gasteiger partial charge in [0.2, 0.25) is 0 Å². The maximum Gasteiger partial charge on any atom is 0.508 e. The number of carbonyl (C=O) groups is 2. The molecule has 3 heterocycles. The molecule has 18 atom stereocenters. The number of likely N-dealkylation sites (N-methyl/N-ethyl adjacent to an activating group) is 1. The first kappa shape index (κ1) is 55.1. The van der Waals surface area contributed by atoms with Gasteiger partial charge in [0.15, 0.2) is 18.7 Å². The van der Waals surface area contributed by atoms with Crippen molar-refractivity contribution in [1.29, 1.82) is 0 Å². The molecule has 4 aliphatic rings. The van der Waals surface area contributed by atoms with E-state index in [2.05, 4.69) is 24.3 Å². The fourth-order valence-corrected chi connectivity index (χ4v) is 11.5. The lowest BCUT2D eigenvalue weighted by Crippen LogP contribution is -2.62. The first-order valence-electron chi connectivity index (χ1n) is 25.0. The van der Waals surface area contributed by atoms with E-state index in [-0.39, 0.29) is 43.9 Å². The van der Waals surface area contributed by atoms with Gasteiger partial charge in [-0.25, -0.2) is 4.79 Å². The van der Waals surface area contributed by atoms with Crippen molar-refractivity contribution in [2.75, 3.05) is 41.4 Å². The molecule has 6 rings (SSSR count). The maximum absolute atomic E-state index is 14.6. The van der Waals surface area contributed by atoms with Crippen LogP contribution in [-0.2, 0) is 42.7 Å². The first-order valence-corrected chi connectivity index (χ1v) is 25.0. The summed E-state index contributed by atoms with van der Waals surface area (Å²) in [5.74, 6) is -3.24. The summed E-state index contributed by atoms with van der Waals surface area (Å²) in [6, 6.07) is 15.0. The van der Waals surface area contributed by atoms with Crippen LogP contribution in [0.2, 0.25) is 0 Å². The van der Waals surface area contributed by atoms with E-state index in [0.29, 0.717) is 13.0 Å². The SMILES string of the molecule is CC[C@H]1OC(=O)[C@H](C)[C@@H](O[C@H]2C[C@@](C)(OC)[C@@H](N)[C@H](C)O2)[C@H](C)[C@@H](O[C@@H]2O[C@H](C)C[C@H](N(C)C)[C@H]2OC(=O)OCC2c3ccccc3-c3ccccc32)[C@](C)(O)C[C@@H](C)N(C)C[C@H](C)[C@@H](O)[C@]1(C)O. The molecule has 0 aromatic heterocycles. The Labute approximate surface area is 410 Å². The van der Waals surface area contributed by atoms with Crippen LogP contribution in [0.4, 0.5) is 4.79 Å². The number of hydrogen-bond donors (Lipinski definition) is 4. The topological polar surface area (TPSA) is 201 Å². The smallest absolute Gasteiger partial charge is 0.459 e. The summed E-state index contributed by atoms with van der Waals surface area (Å²) in [4.78, 5) is 32.6. The summed E-state index contributed by atoms with van der Waals surface area (Å²) in [6.07, 6.45) is -8.46. The Morgan fingerprint density at radius 2 is 1.52 bits per heavy atom. The standard InChI is InChI=1S/C53H83N3O13/c1-15-41-53(10,61)46(57)29(2)27-56(13)30(3)25-51(8,60)47(32(5)43(33(6)48(58)66-41)67-42-26-52(9,62-14)45(54)34(7)65-42)69-49-44(40(55(11)12)24-31(4)64-49)68-50(59)63-28-39-37-22-18-16-20-35(37)36-21-17-19-23-38(36)39/h16-23,29-34,39-47,49,57,60-61H,15,24-28,54H2,1-14H3/t29-,30+,31+,32-,33+,34-,40-,41+,42-,43-,44+,45-,46+,47+,49-,51+,52+,53+/m0/s1. The van der Waals surface area contributed by atoms with E-state index in [1.54, 1.807) is 27.9 Å². The Kier molecular flexibility index (Phi) is 17.8. The van der Waals surface area contributed by atoms with Crippen LogP contribution in [0, 0.1) is 17.8 Å². The summed E-state index contributed by atoms with van der Waals surface area (Å²) in [5.41, 5.74) is 6.58. The van der Waals surface area contributed by atoms with Gasteiger partial charge < -0.3 is 68.7 Å². The van der Waals surface area contributed by atoms with Crippen LogP contribution in [0.3, 0.4) is 0 Å². The van der Waals surface area contributed by atoms with Crippen LogP contribution in [-0.4, -0.2) is 169 Å². The summed E-state index contributed by atoms with van der Waals surface area (Å²) >= 11 is 0. The molecular formula is C53H83N3O13. The molecule has 0 saturated carbocycles. The number of nitrogens with zero attached hydrogens (tertiary/aromatic N) is 2. The number of rotatable bonds is 10. The number of aliphatic hydroxyl groups excluding tert-OH is 1. The van der Waals surface area contributed by atoms with E-state index in [4.69, 9.17) is 43.6 Å². The molecule has 5 N–H and O–H groups in total. The highest BCUT2D eigenvalue weighted by atomic mass is 16.8. The van der Waals surface area contributed by atoms with Gasteiger partial charge in [-0.2, -0.15) is 0 Å². The molecule has 0 amide bonds. The molecule has 3 saturated heterocycles. The Balaban J connectivity index is 1.38. The van der Waals surface area contributed by atoms with Crippen molar-refractivity contribution in [1.82, 2.24) is 9.80 Å². The van der Waals surface area contributed by atoms with Crippen molar-refractivity contribution in [2.24, 2.45) is 23.5 Å². The molecule has 3 aliphatic heterocycles. The fraction of sp³-hybridized carbons (Fsp3) is 0.736. The predicted octanol–water partition coefficient (Wildman–Crippen LogP) is 5.84. The minimum Gasteiger partial charge on any atom is -0.459 e. The number of fused-ring (bicyclic) bond motifs is 3. The third-order valence-electron chi connectivity index (χ3n) is 15.9. The summed E-state index contributed by atoms with van der Waals surface area (Å²) in [6.45, 7) is 18.3. The first-order chi connectivity index (χ1) is 32.3. The maximum atomic E-state index is 14.6. The molecule has 0 radical (unpaired) electrons. The molecule has 1 aliphatic carbocycles. The summed E-state index contributed by atoms with van der Waals surface area (Å²) in [5, 5.41) is 36.6. The molecule has 0 bridgehead atoms. The fourth-order valence-electron chi connectivity index (χ4n) is 11.5. The third-order valence-corrected chi connectivity index (χ3v) is 15.9. The third kappa shape index (κ3) is 11.8. The molecule has 0 unspecified atom stereocenters. The van der Waals surface area contributed by atoms with Gasteiger partial charge in [0, 0.05) is 38.0 Å². The average Bonchev–Trinajstić information content (AvgIpc) is 3.62. The van der Waals surface area contributed by atoms with Gasteiger partial charge in [0.25, 0.3) is 0 Å². The molecule has 2 aromatic rings. The van der Waals surface area contributed by atoms with Gasteiger partial charge >= 0.3 is 12.1 Å². The lowest BCUT2D eigenvalue weighted by molar-refractivity contribution is -0.311. The van der Waals surface area contributed by atoms with Crippen LogP contribution in [0.5, 0.6) is 0 Å². The molecule has 3 fully saturated rings. The number of aliphatic hydroxyl groups is 3. The minimum absolute atomic E-state index is 0.0423. The molecular weight excluding hydrogens is 887 g/mol. The van der Waals surface area contributed by atoms with E-state index >= 15 is 0 Å². The van der Waals surface area contributed by atoms with Crippen LogP contribution >= 0.6 is 0 Å². The molecule has 69 heavy (non-hydrogen) atoms. The highest BCUT2D eigenvalue weighted by Gasteiger charge is 2.53. The van der Waals surface area contributed by atoms with E-state index < -0.39 is 108 Å². The van der Waals surface area contributed by atoms with Crippen molar-refractivity contribution < 1.29 is 62.8 Å². The average molecular weight is 970 g/mol. The Morgan fingerprint density at radius 3 is 2.10 bits per heavy atom. The zero-order chi connectivity index (χ0) is 50.9. The van der Waals surface area contributed by atoms with Gasteiger partial charge in [-0.05, 0) is 117 Å². The lowest BCUT2D eigenvalue weighted by Gasteiger charge is -2.49. The summed E-state index contributed by atoms with van der Waals surface area (Å²) < 4.78 is 51.4. The Hall–Kier alpha value is -3.26. The minimum atomic E-state index is -1.81. The van der Waals surface area contributed by atoms with Crippen molar-refractivity contribution in [3.8, 4) is 11.1 Å². The van der Waals surface area contributed by atoms with Crippen LogP contribution in [0.15, 0.2) is 48.5 Å². The number of carbonyl (C=O) groups excluding carboxylic acids is 2. The van der Waals surface area contributed by atoms with Crippen LogP contribution in [0.1, 0.15) is 112 Å². The molecule has 0 spiro atoms. The zero-order valence-electron chi connectivity index (χ0n) is 43.5. The van der Waals surface area contributed by atoms with Crippen molar-refractivity contribution in [3.63, 3.8) is 0 Å². The van der Waals surface area contributed by atoms with E-state index in [0.717, 1.165) is 22.3 Å². The molecule has 2 aromatic carbocycles. The number of methoxy groups -OCH3 is 1. The van der Waals surface area contributed by atoms with Crippen LogP contribution in [0.25, 0.3) is 11.1 Å². The summed E-state index contributed by atoms with van der Waals surface area (Å²) in [7, 11) is 7.27. The molecule has 16 nitrogen and oxygen atoms in total. The van der Waals surface area contributed by atoms with Gasteiger partial charge in [0.1, 0.15) is 18.3 Å². The van der Waals surface area contributed by atoms with Crippen molar-refractivity contribution >= 4 is 12.1 Å². The van der Waals surface area contributed by atoms with Crippen molar-refractivity contribution in [3.05, 3.63) is 59.7 Å². The lowest BCUT2D eigenvalue weighted by atomic mass is 9.78. The monoisotopic (exact) mass is 970 g/mol. The van der Waals surface area contributed by atoms with Crippen molar-refractivity contribution in [2.45, 2.75) is 191 Å². The molecule has 16 heteroatoms. The Morgan fingerprint density at radius 1 is 0.913 bits per heavy atom. The van der Waals surface area contributed by atoms with E-state index in [9.17, 15) is 24.9 Å². The zero-order valence-corrected chi connectivity index (χ0v) is 43.5. The highest BCUT2D eigenvalue weighted by Crippen LogP contribution is 2.45. The quantitative estimate of drug-likeness (QED) is 0.207. The normalized spacial score (nSPS) is 40.8. The number of nitrogens with two attached hydrogens (primary N) is 1. The van der Waals surface area contributed by atoms with Gasteiger partial charge in [-0.15, -0.1) is 0 Å². The van der Waals surface area contributed by atoms with E-state index in [1.165, 1.54) is 6.92 Å². The van der Waals surface area contributed by atoms with E-state index in [1.807, 2.05) is 96.8 Å². The number of benzene rings is 2. The van der Waals surface area contributed by atoms with Gasteiger partial charge in [-0.3, -0.25) is 4.79 Å². The second-order valence-corrected chi connectivity index (χ2v) is 21.6. The largest absolute Gasteiger partial charge is 0.508 e. The molecule has 388 valence electrons. The Bertz CT molecular complexity index is 1990. The second kappa shape index (κ2) is 22.2. The second-order valence-electron chi connectivity index (χ2n) is 21.6. The number of cyclic esters (lactones) is 1. The number of esters is 1. The van der Waals surface area contributed by atoms with Gasteiger partial charge in [-0.1, -0.05) is 69.3 Å².